The quantitative estimate of drug-likeness (QED) is 0.559. The van der Waals surface area contributed by atoms with Crippen molar-refractivity contribution < 1.29 is 4.79 Å². The van der Waals surface area contributed by atoms with Crippen LogP contribution in [0.3, 0.4) is 0 Å². The first-order valence-corrected chi connectivity index (χ1v) is 9.98. The number of benzene rings is 2. The lowest BCUT2D eigenvalue weighted by Gasteiger charge is -2.13. The molecule has 1 fully saturated rings. The molecule has 2 aromatic heterocycles. The van der Waals surface area contributed by atoms with Gasteiger partial charge in [0.1, 0.15) is 5.69 Å². The predicted octanol–water partition coefficient (Wildman–Crippen LogP) is 2.74. The molecule has 1 saturated carbocycles. The van der Waals surface area contributed by atoms with E-state index in [1.54, 1.807) is 23.0 Å². The summed E-state index contributed by atoms with van der Waals surface area (Å²) in [6, 6.07) is 15.1. The van der Waals surface area contributed by atoms with Crippen molar-refractivity contribution in [1.82, 2.24) is 24.9 Å². The Hall–Kier alpha value is -3.74. The topological polar surface area (TPSA) is 81.8 Å². The number of nitrogens with one attached hydrogen (secondary N) is 1. The SMILES string of the molecule is Cn1cc(-c2nn(Cc3ccccc3C(=O)NC3CC3)c(=O)c3ccccc23)cn1. The van der Waals surface area contributed by atoms with Gasteiger partial charge in [-0.25, -0.2) is 4.68 Å². The predicted molar refractivity (Wildman–Crippen MR) is 114 cm³/mol. The fourth-order valence-corrected chi connectivity index (χ4v) is 3.63. The van der Waals surface area contributed by atoms with E-state index in [0.29, 0.717) is 16.6 Å². The summed E-state index contributed by atoms with van der Waals surface area (Å²) in [6.45, 7) is 0.213. The molecule has 1 aliphatic carbocycles. The summed E-state index contributed by atoms with van der Waals surface area (Å²) in [5.74, 6) is -0.102. The third-order valence-electron chi connectivity index (χ3n) is 5.34. The average Bonchev–Trinajstić information content (AvgIpc) is 3.47. The molecule has 1 amide bonds. The van der Waals surface area contributed by atoms with Gasteiger partial charge in [-0.15, -0.1) is 0 Å². The molecule has 4 aromatic rings. The second-order valence-corrected chi connectivity index (χ2v) is 7.66. The van der Waals surface area contributed by atoms with Gasteiger partial charge in [0, 0.05) is 35.8 Å². The van der Waals surface area contributed by atoms with Crippen LogP contribution in [0.5, 0.6) is 0 Å². The van der Waals surface area contributed by atoms with Crippen LogP contribution in [0, 0.1) is 0 Å². The van der Waals surface area contributed by atoms with E-state index in [4.69, 9.17) is 0 Å². The third kappa shape index (κ3) is 3.39. The molecule has 0 spiro atoms. The highest BCUT2D eigenvalue weighted by Gasteiger charge is 2.25. The molecule has 0 radical (unpaired) electrons. The van der Waals surface area contributed by atoms with Crippen LogP contribution in [-0.4, -0.2) is 31.5 Å². The molecular formula is C23H21N5O2. The molecular weight excluding hydrogens is 378 g/mol. The van der Waals surface area contributed by atoms with Crippen molar-refractivity contribution in [3.8, 4) is 11.3 Å². The maximum atomic E-state index is 13.2. The minimum absolute atomic E-state index is 0.102. The number of carbonyl (C=O) groups excluding carboxylic acids is 1. The number of aromatic nitrogens is 4. The Kier molecular flexibility index (Phi) is 4.43. The van der Waals surface area contributed by atoms with Crippen LogP contribution in [0.15, 0.2) is 65.7 Å². The summed E-state index contributed by atoms with van der Waals surface area (Å²) < 4.78 is 3.15. The fraction of sp³-hybridized carbons (Fsp3) is 0.217. The van der Waals surface area contributed by atoms with Crippen LogP contribution < -0.4 is 10.9 Å². The number of nitrogens with zero attached hydrogens (tertiary/aromatic N) is 4. The molecule has 30 heavy (non-hydrogen) atoms. The standard InChI is InChI=1S/C23H21N5O2/c1-27-13-16(12-24-27)21-19-8-4-5-9-20(19)23(30)28(26-21)14-15-6-2-3-7-18(15)22(29)25-17-10-11-17/h2-9,12-13,17H,10-11,14H2,1H3,(H,25,29). The highest BCUT2D eigenvalue weighted by Crippen LogP contribution is 2.24. The Morgan fingerprint density at radius 2 is 1.83 bits per heavy atom. The number of hydrogen-bond donors (Lipinski definition) is 1. The van der Waals surface area contributed by atoms with Crippen LogP contribution in [-0.2, 0) is 13.6 Å². The third-order valence-corrected chi connectivity index (χ3v) is 5.34. The van der Waals surface area contributed by atoms with Gasteiger partial charge in [-0.1, -0.05) is 36.4 Å². The van der Waals surface area contributed by atoms with Crippen LogP contribution in [0.25, 0.3) is 22.0 Å². The molecule has 150 valence electrons. The minimum Gasteiger partial charge on any atom is -0.349 e. The van der Waals surface area contributed by atoms with E-state index < -0.39 is 0 Å². The molecule has 0 bridgehead atoms. The summed E-state index contributed by atoms with van der Waals surface area (Å²) in [6.07, 6.45) is 5.66. The van der Waals surface area contributed by atoms with Gasteiger partial charge >= 0.3 is 0 Å². The lowest BCUT2D eigenvalue weighted by molar-refractivity contribution is 0.0950. The van der Waals surface area contributed by atoms with Gasteiger partial charge in [0.25, 0.3) is 11.5 Å². The van der Waals surface area contributed by atoms with Gasteiger partial charge in [-0.2, -0.15) is 10.2 Å². The molecule has 7 heteroatoms. The molecule has 0 atom stereocenters. The van der Waals surface area contributed by atoms with E-state index in [-0.39, 0.29) is 24.1 Å². The van der Waals surface area contributed by atoms with Gasteiger partial charge in [-0.05, 0) is 30.5 Å². The molecule has 7 nitrogen and oxygen atoms in total. The average molecular weight is 399 g/mol. The zero-order valence-electron chi connectivity index (χ0n) is 16.6. The van der Waals surface area contributed by atoms with E-state index in [1.165, 1.54) is 4.68 Å². The summed E-state index contributed by atoms with van der Waals surface area (Å²) in [5.41, 5.74) is 2.68. The number of carbonyl (C=O) groups is 1. The Morgan fingerprint density at radius 3 is 2.57 bits per heavy atom. The van der Waals surface area contributed by atoms with Crippen LogP contribution in [0.4, 0.5) is 0 Å². The fourth-order valence-electron chi connectivity index (χ4n) is 3.63. The Bertz CT molecular complexity index is 1320. The molecule has 0 saturated heterocycles. The minimum atomic E-state index is -0.185. The second-order valence-electron chi connectivity index (χ2n) is 7.66. The van der Waals surface area contributed by atoms with Gasteiger partial charge < -0.3 is 5.32 Å². The normalized spacial score (nSPS) is 13.5. The molecule has 1 N–H and O–H groups in total. The number of fused-ring (bicyclic) bond motifs is 1. The monoisotopic (exact) mass is 399 g/mol. The van der Waals surface area contributed by atoms with Gasteiger partial charge in [0.15, 0.2) is 0 Å². The smallest absolute Gasteiger partial charge is 0.274 e. The number of rotatable bonds is 5. The van der Waals surface area contributed by atoms with E-state index in [9.17, 15) is 9.59 Å². The van der Waals surface area contributed by atoms with Crippen molar-refractivity contribution in [1.29, 1.82) is 0 Å². The number of amides is 1. The molecule has 1 aliphatic rings. The highest BCUT2D eigenvalue weighted by molar-refractivity contribution is 5.96. The summed E-state index contributed by atoms with van der Waals surface area (Å²) in [7, 11) is 1.84. The molecule has 0 aliphatic heterocycles. The molecule has 0 unspecified atom stereocenters. The van der Waals surface area contributed by atoms with E-state index in [1.807, 2.05) is 49.6 Å². The van der Waals surface area contributed by atoms with Crippen LogP contribution >= 0.6 is 0 Å². The first-order valence-electron chi connectivity index (χ1n) is 9.98. The van der Waals surface area contributed by atoms with Crippen molar-refractivity contribution in [3.05, 3.63) is 82.4 Å². The van der Waals surface area contributed by atoms with Crippen molar-refractivity contribution >= 4 is 16.7 Å². The van der Waals surface area contributed by atoms with Crippen molar-refractivity contribution in [3.63, 3.8) is 0 Å². The van der Waals surface area contributed by atoms with E-state index in [0.717, 1.165) is 29.4 Å². The van der Waals surface area contributed by atoms with Crippen molar-refractivity contribution in [2.24, 2.45) is 7.05 Å². The Morgan fingerprint density at radius 1 is 1.10 bits per heavy atom. The zero-order chi connectivity index (χ0) is 20.7. The van der Waals surface area contributed by atoms with E-state index in [2.05, 4.69) is 15.5 Å². The lowest BCUT2D eigenvalue weighted by Crippen LogP contribution is -2.29. The van der Waals surface area contributed by atoms with Crippen molar-refractivity contribution in [2.45, 2.75) is 25.4 Å². The molecule has 2 aromatic carbocycles. The zero-order valence-corrected chi connectivity index (χ0v) is 16.6. The van der Waals surface area contributed by atoms with Gasteiger partial charge in [0.2, 0.25) is 0 Å². The largest absolute Gasteiger partial charge is 0.349 e. The highest BCUT2D eigenvalue weighted by atomic mass is 16.2. The maximum Gasteiger partial charge on any atom is 0.274 e. The van der Waals surface area contributed by atoms with Crippen molar-refractivity contribution in [2.75, 3.05) is 0 Å². The second kappa shape index (κ2) is 7.26. The van der Waals surface area contributed by atoms with Gasteiger partial charge in [-0.3, -0.25) is 14.3 Å². The summed E-state index contributed by atoms with van der Waals surface area (Å²) >= 11 is 0. The summed E-state index contributed by atoms with van der Waals surface area (Å²) in [4.78, 5) is 25.8. The maximum absolute atomic E-state index is 13.2. The molecule has 5 rings (SSSR count). The van der Waals surface area contributed by atoms with Crippen LogP contribution in [0.1, 0.15) is 28.8 Å². The summed E-state index contributed by atoms with van der Waals surface area (Å²) in [5, 5.41) is 13.3. The number of aryl methyl sites for hydroxylation is 1. The van der Waals surface area contributed by atoms with Gasteiger partial charge in [0.05, 0.1) is 18.1 Å². The molecule has 2 heterocycles. The Labute approximate surface area is 173 Å². The first kappa shape index (κ1) is 18.3. The van der Waals surface area contributed by atoms with Crippen LogP contribution in [0.2, 0.25) is 0 Å². The lowest BCUT2D eigenvalue weighted by atomic mass is 10.1. The Balaban J connectivity index is 1.61. The number of hydrogen-bond acceptors (Lipinski definition) is 4. The van der Waals surface area contributed by atoms with E-state index >= 15 is 0 Å². The first-order chi connectivity index (χ1) is 14.6.